The van der Waals surface area contributed by atoms with Gasteiger partial charge in [0.15, 0.2) is 5.78 Å². The first-order valence-corrected chi connectivity index (χ1v) is 6.01. The summed E-state index contributed by atoms with van der Waals surface area (Å²) in [6, 6.07) is 13.4. The van der Waals surface area contributed by atoms with Crippen LogP contribution in [0.2, 0.25) is 0 Å². The number of carbonyl (C=O) groups excluding carboxylic acids is 1. The molecule has 0 spiro atoms. The first-order valence-electron chi connectivity index (χ1n) is 6.01. The highest BCUT2D eigenvalue weighted by atomic mass is 16.1. The van der Waals surface area contributed by atoms with Crippen LogP contribution in [0, 0.1) is 13.8 Å². The van der Waals surface area contributed by atoms with E-state index in [2.05, 4.69) is 0 Å². The third-order valence-corrected chi connectivity index (χ3v) is 3.04. The van der Waals surface area contributed by atoms with Crippen molar-refractivity contribution in [3.05, 3.63) is 64.7 Å². The molecule has 0 fully saturated rings. The molecule has 0 unspecified atom stereocenters. The molecule has 2 nitrogen and oxygen atoms in total. The van der Waals surface area contributed by atoms with E-state index < -0.39 is 0 Å². The highest BCUT2D eigenvalue weighted by Crippen LogP contribution is 2.15. The minimum Gasteiger partial charge on any atom is -0.399 e. The summed E-state index contributed by atoms with van der Waals surface area (Å²) in [5.74, 6) is 0.154. The minimum atomic E-state index is 0.154. The summed E-state index contributed by atoms with van der Waals surface area (Å²) in [7, 11) is 0. The lowest BCUT2D eigenvalue weighted by molar-refractivity contribution is 0.0992. The Hall–Kier alpha value is -2.09. The van der Waals surface area contributed by atoms with Crippen LogP contribution < -0.4 is 5.73 Å². The molecule has 0 amide bonds. The van der Waals surface area contributed by atoms with Gasteiger partial charge >= 0.3 is 0 Å². The predicted molar refractivity (Wildman–Crippen MR) is 74.8 cm³/mol. The van der Waals surface area contributed by atoms with Gasteiger partial charge in [-0.15, -0.1) is 0 Å². The highest BCUT2D eigenvalue weighted by molar-refractivity contribution is 5.99. The number of carbonyl (C=O) groups is 1. The lowest BCUT2D eigenvalue weighted by Crippen LogP contribution is -2.06. The molecule has 0 heterocycles. The van der Waals surface area contributed by atoms with Crippen molar-refractivity contribution < 1.29 is 4.79 Å². The van der Waals surface area contributed by atoms with Crippen LogP contribution in [0.5, 0.6) is 0 Å². The lowest BCUT2D eigenvalue weighted by Gasteiger charge is -2.06. The number of benzene rings is 2. The van der Waals surface area contributed by atoms with E-state index in [4.69, 9.17) is 5.73 Å². The molecule has 0 saturated heterocycles. The normalized spacial score (nSPS) is 10.3. The van der Waals surface area contributed by atoms with Crippen LogP contribution in [0.25, 0.3) is 0 Å². The number of nitrogen functional groups attached to an aromatic ring is 1. The second kappa shape index (κ2) is 5.05. The van der Waals surface area contributed by atoms with Gasteiger partial charge in [-0.3, -0.25) is 4.79 Å². The van der Waals surface area contributed by atoms with Gasteiger partial charge in [0.25, 0.3) is 0 Å². The summed E-state index contributed by atoms with van der Waals surface area (Å²) in [5.41, 5.74) is 10.3. The van der Waals surface area contributed by atoms with Gasteiger partial charge in [-0.2, -0.15) is 0 Å². The van der Waals surface area contributed by atoms with Crippen molar-refractivity contribution in [1.29, 1.82) is 0 Å². The Kier molecular flexibility index (Phi) is 3.47. The largest absolute Gasteiger partial charge is 0.399 e. The number of anilines is 1. The van der Waals surface area contributed by atoms with E-state index in [-0.39, 0.29) is 5.78 Å². The summed E-state index contributed by atoms with van der Waals surface area (Å²) in [5, 5.41) is 0. The van der Waals surface area contributed by atoms with E-state index >= 15 is 0 Å². The number of rotatable bonds is 3. The topological polar surface area (TPSA) is 43.1 Å². The molecule has 0 aliphatic carbocycles. The van der Waals surface area contributed by atoms with Crippen molar-refractivity contribution in [2.45, 2.75) is 20.3 Å². The van der Waals surface area contributed by atoms with E-state index in [0.717, 1.165) is 27.9 Å². The molecule has 0 atom stereocenters. The van der Waals surface area contributed by atoms with Crippen LogP contribution >= 0.6 is 0 Å². The third-order valence-electron chi connectivity index (χ3n) is 3.04. The maximum absolute atomic E-state index is 12.2. The minimum absolute atomic E-state index is 0.154. The van der Waals surface area contributed by atoms with Crippen LogP contribution in [0.3, 0.4) is 0 Å². The summed E-state index contributed by atoms with van der Waals surface area (Å²) < 4.78 is 0. The monoisotopic (exact) mass is 239 g/mol. The lowest BCUT2D eigenvalue weighted by atomic mass is 9.97. The van der Waals surface area contributed by atoms with E-state index in [1.54, 1.807) is 0 Å². The van der Waals surface area contributed by atoms with Gasteiger partial charge in [0.1, 0.15) is 0 Å². The third kappa shape index (κ3) is 2.77. The van der Waals surface area contributed by atoms with Gasteiger partial charge in [0, 0.05) is 17.7 Å². The molecule has 2 heteroatoms. The Bertz CT molecular complexity index is 570. The molecule has 2 N–H and O–H groups in total. The number of Topliss-reactive ketones (excluding diaryl/α,β-unsaturated/α-hetero) is 1. The summed E-state index contributed by atoms with van der Waals surface area (Å²) in [6.07, 6.45) is 0.421. The van der Waals surface area contributed by atoms with Crippen molar-refractivity contribution in [1.82, 2.24) is 0 Å². The van der Waals surface area contributed by atoms with Crippen molar-refractivity contribution in [3.63, 3.8) is 0 Å². The number of hydrogen-bond acceptors (Lipinski definition) is 2. The standard InChI is InChI=1S/C16H17NO/c1-11-3-4-12(2)15(9-11)16(18)10-13-5-7-14(17)8-6-13/h3-9H,10,17H2,1-2H3. The van der Waals surface area contributed by atoms with E-state index in [1.165, 1.54) is 0 Å². The van der Waals surface area contributed by atoms with Crippen LogP contribution in [0.1, 0.15) is 27.0 Å². The second-order valence-corrected chi connectivity index (χ2v) is 4.66. The van der Waals surface area contributed by atoms with Gasteiger partial charge in [-0.25, -0.2) is 0 Å². The number of ketones is 1. The number of hydrogen-bond donors (Lipinski definition) is 1. The molecule has 0 aromatic heterocycles. The van der Waals surface area contributed by atoms with Crippen molar-refractivity contribution in [3.8, 4) is 0 Å². The predicted octanol–water partition coefficient (Wildman–Crippen LogP) is 3.31. The zero-order chi connectivity index (χ0) is 13.1. The Morgan fingerprint density at radius 3 is 2.39 bits per heavy atom. The van der Waals surface area contributed by atoms with Gasteiger partial charge < -0.3 is 5.73 Å². The van der Waals surface area contributed by atoms with Crippen LogP contribution in [-0.2, 0) is 6.42 Å². The number of aryl methyl sites for hydroxylation is 2. The van der Waals surface area contributed by atoms with Gasteiger partial charge in [0.05, 0.1) is 0 Å². The molecule has 92 valence electrons. The first-order chi connectivity index (χ1) is 8.56. The smallest absolute Gasteiger partial charge is 0.167 e. The Balaban J connectivity index is 2.21. The van der Waals surface area contributed by atoms with Gasteiger partial charge in [-0.1, -0.05) is 29.8 Å². The molecule has 0 aliphatic heterocycles. The average molecular weight is 239 g/mol. The fourth-order valence-electron chi connectivity index (χ4n) is 1.95. The molecule has 0 radical (unpaired) electrons. The zero-order valence-corrected chi connectivity index (χ0v) is 10.7. The van der Waals surface area contributed by atoms with E-state index in [9.17, 15) is 4.79 Å². The first kappa shape index (κ1) is 12.4. The Morgan fingerprint density at radius 1 is 1.06 bits per heavy atom. The van der Waals surface area contributed by atoms with Gasteiger partial charge in [0.2, 0.25) is 0 Å². The summed E-state index contributed by atoms with van der Waals surface area (Å²) >= 11 is 0. The van der Waals surface area contributed by atoms with Crippen LogP contribution in [-0.4, -0.2) is 5.78 Å². The number of nitrogens with two attached hydrogens (primary N) is 1. The second-order valence-electron chi connectivity index (χ2n) is 4.66. The molecule has 0 aliphatic rings. The summed E-state index contributed by atoms with van der Waals surface area (Å²) in [4.78, 5) is 12.2. The molecule has 2 rings (SSSR count). The highest BCUT2D eigenvalue weighted by Gasteiger charge is 2.10. The molecule has 18 heavy (non-hydrogen) atoms. The van der Waals surface area contributed by atoms with Gasteiger partial charge in [-0.05, 0) is 43.2 Å². The molecule has 2 aromatic rings. The van der Waals surface area contributed by atoms with E-state index in [0.29, 0.717) is 6.42 Å². The molecule has 0 bridgehead atoms. The Labute approximate surface area is 107 Å². The molecule has 2 aromatic carbocycles. The maximum Gasteiger partial charge on any atom is 0.167 e. The van der Waals surface area contributed by atoms with Crippen molar-refractivity contribution in [2.24, 2.45) is 0 Å². The fraction of sp³-hybridized carbons (Fsp3) is 0.188. The van der Waals surface area contributed by atoms with Crippen LogP contribution in [0.15, 0.2) is 42.5 Å². The summed E-state index contributed by atoms with van der Waals surface area (Å²) in [6.45, 7) is 3.97. The molecular formula is C16H17NO. The zero-order valence-electron chi connectivity index (χ0n) is 10.7. The van der Waals surface area contributed by atoms with Crippen LogP contribution in [0.4, 0.5) is 5.69 Å². The molecule has 0 saturated carbocycles. The van der Waals surface area contributed by atoms with Crippen molar-refractivity contribution in [2.75, 3.05) is 5.73 Å². The SMILES string of the molecule is Cc1ccc(C)c(C(=O)Cc2ccc(N)cc2)c1. The Morgan fingerprint density at radius 2 is 1.72 bits per heavy atom. The van der Waals surface area contributed by atoms with E-state index in [1.807, 2.05) is 56.3 Å². The quantitative estimate of drug-likeness (QED) is 0.659. The maximum atomic E-state index is 12.2. The molecular weight excluding hydrogens is 222 g/mol. The average Bonchev–Trinajstić information content (AvgIpc) is 2.35. The van der Waals surface area contributed by atoms with Crippen molar-refractivity contribution >= 4 is 11.5 Å². The fourth-order valence-corrected chi connectivity index (χ4v) is 1.95.